The molecule has 2 rings (SSSR count). The quantitative estimate of drug-likeness (QED) is 0.795. The summed E-state index contributed by atoms with van der Waals surface area (Å²) >= 11 is 0. The molecule has 5 heteroatoms. The molecule has 0 aromatic heterocycles. The summed E-state index contributed by atoms with van der Waals surface area (Å²) in [6, 6.07) is 0.329. The van der Waals surface area contributed by atoms with Crippen molar-refractivity contribution in [3.63, 3.8) is 0 Å². The van der Waals surface area contributed by atoms with Crippen molar-refractivity contribution in [2.24, 2.45) is 5.92 Å². The van der Waals surface area contributed by atoms with Crippen LogP contribution in [0.4, 0.5) is 0 Å². The second-order valence-corrected chi connectivity index (χ2v) is 5.22. The Morgan fingerprint density at radius 2 is 2.17 bits per heavy atom. The molecule has 2 saturated heterocycles. The van der Waals surface area contributed by atoms with E-state index in [1.807, 2.05) is 0 Å². The monoisotopic (exact) mass is 257 g/mol. The fourth-order valence-corrected chi connectivity index (χ4v) is 3.10. The zero-order chi connectivity index (χ0) is 13.1. The lowest BCUT2D eigenvalue weighted by Gasteiger charge is -2.36. The van der Waals surface area contributed by atoms with Crippen LogP contribution in [0.1, 0.15) is 26.7 Å². The summed E-state index contributed by atoms with van der Waals surface area (Å²) in [6.07, 6.45) is 2.20. The summed E-state index contributed by atoms with van der Waals surface area (Å²) in [4.78, 5) is 13.6. The van der Waals surface area contributed by atoms with Crippen LogP contribution in [0.15, 0.2) is 0 Å². The van der Waals surface area contributed by atoms with Gasteiger partial charge in [0.1, 0.15) is 0 Å². The van der Waals surface area contributed by atoms with Crippen molar-refractivity contribution in [1.82, 2.24) is 4.90 Å². The molecule has 2 aliphatic heterocycles. The Morgan fingerprint density at radius 3 is 2.72 bits per heavy atom. The summed E-state index contributed by atoms with van der Waals surface area (Å²) in [5.74, 6) is -1.14. The fraction of sp³-hybridized carbons (Fsp3) is 0.923. The van der Waals surface area contributed by atoms with Crippen LogP contribution in [0.3, 0.4) is 0 Å². The molecule has 0 bridgehead atoms. The van der Waals surface area contributed by atoms with Crippen molar-refractivity contribution >= 4 is 5.97 Å². The van der Waals surface area contributed by atoms with Crippen LogP contribution in [0.2, 0.25) is 0 Å². The molecule has 0 aliphatic carbocycles. The molecule has 0 aromatic rings. The summed E-state index contributed by atoms with van der Waals surface area (Å²) < 4.78 is 11.0. The van der Waals surface area contributed by atoms with Gasteiger partial charge >= 0.3 is 5.97 Å². The van der Waals surface area contributed by atoms with E-state index >= 15 is 0 Å². The van der Waals surface area contributed by atoms with Gasteiger partial charge in [-0.3, -0.25) is 9.69 Å². The van der Waals surface area contributed by atoms with Gasteiger partial charge in [0.05, 0.1) is 25.2 Å². The molecule has 2 fully saturated rings. The van der Waals surface area contributed by atoms with Gasteiger partial charge in [-0.25, -0.2) is 0 Å². The first-order valence-electron chi connectivity index (χ1n) is 6.83. The van der Waals surface area contributed by atoms with Crippen molar-refractivity contribution < 1.29 is 19.4 Å². The summed E-state index contributed by atoms with van der Waals surface area (Å²) in [5.41, 5.74) is 0. The molecule has 5 nitrogen and oxygen atoms in total. The van der Waals surface area contributed by atoms with Crippen molar-refractivity contribution in [3.05, 3.63) is 0 Å². The number of carboxylic acid groups (broad SMARTS) is 1. The van der Waals surface area contributed by atoms with Gasteiger partial charge in [-0.2, -0.15) is 0 Å². The fourth-order valence-electron chi connectivity index (χ4n) is 3.10. The third kappa shape index (κ3) is 2.68. The molecular weight excluding hydrogens is 234 g/mol. The Kier molecular flexibility index (Phi) is 4.59. The average Bonchev–Trinajstić information content (AvgIpc) is 2.94. The van der Waals surface area contributed by atoms with Crippen LogP contribution < -0.4 is 0 Å². The van der Waals surface area contributed by atoms with E-state index in [0.29, 0.717) is 19.3 Å². The van der Waals surface area contributed by atoms with Crippen LogP contribution in [-0.2, 0) is 14.3 Å². The highest BCUT2D eigenvalue weighted by atomic mass is 16.5. The predicted octanol–water partition coefficient (Wildman–Crippen LogP) is 0.975. The molecule has 0 saturated carbocycles. The summed E-state index contributed by atoms with van der Waals surface area (Å²) in [6.45, 7) is 6.75. The van der Waals surface area contributed by atoms with Gasteiger partial charge in [0.25, 0.3) is 0 Å². The van der Waals surface area contributed by atoms with Gasteiger partial charge < -0.3 is 14.6 Å². The average molecular weight is 257 g/mol. The number of carbonyl (C=O) groups is 1. The third-order valence-electron chi connectivity index (χ3n) is 4.04. The molecule has 18 heavy (non-hydrogen) atoms. The van der Waals surface area contributed by atoms with E-state index in [2.05, 4.69) is 18.7 Å². The first kappa shape index (κ1) is 13.8. The molecule has 0 amide bonds. The van der Waals surface area contributed by atoms with E-state index < -0.39 is 11.9 Å². The predicted molar refractivity (Wildman–Crippen MR) is 66.5 cm³/mol. The van der Waals surface area contributed by atoms with Crippen molar-refractivity contribution in [2.45, 2.75) is 44.9 Å². The molecule has 0 radical (unpaired) electrons. The third-order valence-corrected chi connectivity index (χ3v) is 4.04. The molecule has 4 unspecified atom stereocenters. The Morgan fingerprint density at radius 1 is 1.39 bits per heavy atom. The van der Waals surface area contributed by atoms with E-state index in [1.54, 1.807) is 0 Å². The largest absolute Gasteiger partial charge is 0.481 e. The van der Waals surface area contributed by atoms with Crippen LogP contribution in [0, 0.1) is 5.92 Å². The number of rotatable bonds is 5. The maximum absolute atomic E-state index is 11.3. The highest BCUT2D eigenvalue weighted by Crippen LogP contribution is 2.28. The van der Waals surface area contributed by atoms with Gasteiger partial charge in [0.15, 0.2) is 0 Å². The zero-order valence-corrected chi connectivity index (χ0v) is 11.2. The second kappa shape index (κ2) is 5.99. The van der Waals surface area contributed by atoms with Crippen LogP contribution in [-0.4, -0.2) is 60.5 Å². The molecule has 1 N–H and O–H groups in total. The Hall–Kier alpha value is -0.650. The molecular formula is C13H23NO4. The molecule has 0 spiro atoms. The topological polar surface area (TPSA) is 59.0 Å². The van der Waals surface area contributed by atoms with Gasteiger partial charge in [0, 0.05) is 18.7 Å². The SMILES string of the molecule is CCCN(C1CCOC1C)C1COCC1C(=O)O. The number of hydrogen-bond acceptors (Lipinski definition) is 4. The van der Waals surface area contributed by atoms with E-state index in [0.717, 1.165) is 26.0 Å². The highest BCUT2D eigenvalue weighted by Gasteiger charge is 2.42. The first-order valence-corrected chi connectivity index (χ1v) is 6.83. The molecule has 2 heterocycles. The van der Waals surface area contributed by atoms with Crippen LogP contribution in [0.25, 0.3) is 0 Å². The van der Waals surface area contributed by atoms with Crippen molar-refractivity contribution in [2.75, 3.05) is 26.4 Å². The molecule has 0 aromatic carbocycles. The van der Waals surface area contributed by atoms with Gasteiger partial charge in [-0.1, -0.05) is 6.92 Å². The number of ether oxygens (including phenoxy) is 2. The smallest absolute Gasteiger partial charge is 0.310 e. The standard InChI is InChI=1S/C13H23NO4/c1-3-5-14(11-4-6-18-9(11)2)12-8-17-7-10(12)13(15)16/h9-12H,3-8H2,1-2H3,(H,15,16). The van der Waals surface area contributed by atoms with Crippen LogP contribution >= 0.6 is 0 Å². The normalized spacial score (nSPS) is 36.4. The molecule has 2 aliphatic rings. The summed E-state index contributed by atoms with van der Waals surface area (Å²) in [5, 5.41) is 9.27. The van der Waals surface area contributed by atoms with Gasteiger partial charge in [-0.15, -0.1) is 0 Å². The van der Waals surface area contributed by atoms with E-state index in [1.165, 1.54) is 0 Å². The van der Waals surface area contributed by atoms with E-state index in [4.69, 9.17) is 9.47 Å². The number of aliphatic carboxylic acids is 1. The Bertz CT molecular complexity index is 297. The van der Waals surface area contributed by atoms with E-state index in [-0.39, 0.29) is 12.1 Å². The second-order valence-electron chi connectivity index (χ2n) is 5.22. The van der Waals surface area contributed by atoms with Crippen LogP contribution in [0.5, 0.6) is 0 Å². The lowest BCUT2D eigenvalue weighted by Crippen LogP contribution is -2.51. The Labute approximate surface area is 108 Å². The van der Waals surface area contributed by atoms with Crippen molar-refractivity contribution in [1.29, 1.82) is 0 Å². The number of nitrogens with zero attached hydrogens (tertiary/aromatic N) is 1. The van der Waals surface area contributed by atoms with Crippen molar-refractivity contribution in [3.8, 4) is 0 Å². The molecule has 104 valence electrons. The first-order chi connectivity index (χ1) is 8.65. The lowest BCUT2D eigenvalue weighted by atomic mass is 9.98. The van der Waals surface area contributed by atoms with Gasteiger partial charge in [0.2, 0.25) is 0 Å². The number of carboxylic acids is 1. The lowest BCUT2D eigenvalue weighted by molar-refractivity contribution is -0.143. The number of hydrogen-bond donors (Lipinski definition) is 1. The minimum Gasteiger partial charge on any atom is -0.481 e. The maximum atomic E-state index is 11.3. The minimum atomic E-state index is -0.745. The van der Waals surface area contributed by atoms with E-state index in [9.17, 15) is 9.90 Å². The maximum Gasteiger partial charge on any atom is 0.310 e. The highest BCUT2D eigenvalue weighted by molar-refractivity contribution is 5.71. The zero-order valence-electron chi connectivity index (χ0n) is 11.2. The minimum absolute atomic E-state index is 0.00315. The van der Waals surface area contributed by atoms with Gasteiger partial charge in [-0.05, 0) is 26.3 Å². The Balaban J connectivity index is 2.11. The summed E-state index contributed by atoms with van der Waals surface area (Å²) in [7, 11) is 0. The molecule has 4 atom stereocenters.